The zero-order valence-corrected chi connectivity index (χ0v) is 10.3. The summed E-state index contributed by atoms with van der Waals surface area (Å²) in [6, 6.07) is 0. The standard InChI is InChI=1S/C11H22N2O3/c1-11(12-2,10(14)15)8-13-6-4-9(16-3)5-7-13/h9,12H,4-8H2,1-3H3,(H,14,15). The SMILES string of the molecule is CNC(C)(CN1CCC(OC)CC1)C(=O)O. The number of likely N-dealkylation sites (N-methyl/N-ethyl adjacent to an activating group) is 1. The van der Waals surface area contributed by atoms with E-state index in [0.29, 0.717) is 12.6 Å². The molecule has 0 bridgehead atoms. The second kappa shape index (κ2) is 5.61. The van der Waals surface area contributed by atoms with Crippen LogP contribution in [0.2, 0.25) is 0 Å². The summed E-state index contributed by atoms with van der Waals surface area (Å²) in [5.74, 6) is -0.802. The van der Waals surface area contributed by atoms with E-state index in [0.717, 1.165) is 25.9 Å². The largest absolute Gasteiger partial charge is 0.480 e. The van der Waals surface area contributed by atoms with Crippen LogP contribution < -0.4 is 5.32 Å². The highest BCUT2D eigenvalue weighted by Gasteiger charge is 2.34. The van der Waals surface area contributed by atoms with Crippen LogP contribution >= 0.6 is 0 Å². The van der Waals surface area contributed by atoms with Crippen LogP contribution in [0.3, 0.4) is 0 Å². The van der Waals surface area contributed by atoms with E-state index in [1.807, 2.05) is 0 Å². The molecule has 5 heteroatoms. The van der Waals surface area contributed by atoms with E-state index in [-0.39, 0.29) is 0 Å². The summed E-state index contributed by atoms with van der Waals surface area (Å²) in [5, 5.41) is 12.0. The quantitative estimate of drug-likeness (QED) is 0.704. The summed E-state index contributed by atoms with van der Waals surface area (Å²) in [4.78, 5) is 13.3. The maximum Gasteiger partial charge on any atom is 0.324 e. The fraction of sp³-hybridized carbons (Fsp3) is 0.909. The molecule has 0 spiro atoms. The summed E-state index contributed by atoms with van der Waals surface area (Å²) >= 11 is 0. The molecule has 5 nitrogen and oxygen atoms in total. The molecule has 0 amide bonds. The third kappa shape index (κ3) is 3.17. The lowest BCUT2D eigenvalue weighted by Crippen LogP contribution is -2.56. The lowest BCUT2D eigenvalue weighted by Gasteiger charge is -2.36. The van der Waals surface area contributed by atoms with Gasteiger partial charge in [-0.1, -0.05) is 0 Å². The van der Waals surface area contributed by atoms with Gasteiger partial charge in [0.1, 0.15) is 5.54 Å². The van der Waals surface area contributed by atoms with Crippen molar-refractivity contribution >= 4 is 5.97 Å². The first-order chi connectivity index (χ1) is 7.51. The number of hydrogen-bond acceptors (Lipinski definition) is 4. The first kappa shape index (κ1) is 13.4. The number of nitrogens with one attached hydrogen (secondary N) is 1. The Labute approximate surface area is 96.8 Å². The Morgan fingerprint density at radius 3 is 2.50 bits per heavy atom. The molecule has 0 saturated carbocycles. The van der Waals surface area contributed by atoms with E-state index >= 15 is 0 Å². The summed E-state index contributed by atoms with van der Waals surface area (Å²) in [5.41, 5.74) is -0.861. The van der Waals surface area contributed by atoms with Crippen molar-refractivity contribution in [3.63, 3.8) is 0 Å². The number of ether oxygens (including phenoxy) is 1. The van der Waals surface area contributed by atoms with Crippen molar-refractivity contribution < 1.29 is 14.6 Å². The molecule has 94 valence electrons. The number of methoxy groups -OCH3 is 1. The van der Waals surface area contributed by atoms with Crippen LogP contribution in [0.25, 0.3) is 0 Å². The average Bonchev–Trinajstić information content (AvgIpc) is 2.29. The van der Waals surface area contributed by atoms with Gasteiger partial charge in [0, 0.05) is 26.7 Å². The molecule has 0 aliphatic carbocycles. The number of rotatable bonds is 5. The molecule has 1 aliphatic rings. The minimum Gasteiger partial charge on any atom is -0.480 e. The van der Waals surface area contributed by atoms with E-state index < -0.39 is 11.5 Å². The van der Waals surface area contributed by atoms with Gasteiger partial charge in [0.15, 0.2) is 0 Å². The molecular formula is C11H22N2O3. The number of piperidine rings is 1. The highest BCUT2D eigenvalue weighted by Crippen LogP contribution is 2.15. The fourth-order valence-electron chi connectivity index (χ4n) is 2.00. The van der Waals surface area contributed by atoms with E-state index in [1.54, 1.807) is 21.1 Å². The summed E-state index contributed by atoms with van der Waals surface area (Å²) in [7, 11) is 3.42. The van der Waals surface area contributed by atoms with Gasteiger partial charge in [0.25, 0.3) is 0 Å². The Hall–Kier alpha value is -0.650. The van der Waals surface area contributed by atoms with Crippen LogP contribution in [0.4, 0.5) is 0 Å². The number of carbonyl (C=O) groups is 1. The molecule has 1 rings (SSSR count). The second-order valence-electron chi connectivity index (χ2n) is 4.60. The van der Waals surface area contributed by atoms with Crippen molar-refractivity contribution in [2.75, 3.05) is 33.8 Å². The molecule has 0 aromatic carbocycles. The van der Waals surface area contributed by atoms with Crippen molar-refractivity contribution in [1.29, 1.82) is 0 Å². The number of carboxylic acids is 1. The summed E-state index contributed by atoms with van der Waals surface area (Å²) in [6.45, 7) is 4.07. The van der Waals surface area contributed by atoms with E-state index in [1.165, 1.54) is 0 Å². The van der Waals surface area contributed by atoms with Crippen molar-refractivity contribution in [1.82, 2.24) is 10.2 Å². The van der Waals surface area contributed by atoms with Gasteiger partial charge >= 0.3 is 5.97 Å². The molecule has 0 aromatic heterocycles. The van der Waals surface area contributed by atoms with Crippen molar-refractivity contribution in [3.05, 3.63) is 0 Å². The molecule has 0 aromatic rings. The maximum absolute atomic E-state index is 11.1. The molecule has 1 fully saturated rings. The van der Waals surface area contributed by atoms with E-state index in [4.69, 9.17) is 9.84 Å². The van der Waals surface area contributed by atoms with Gasteiger partial charge in [-0.15, -0.1) is 0 Å². The van der Waals surface area contributed by atoms with Crippen molar-refractivity contribution in [2.45, 2.75) is 31.4 Å². The third-order valence-corrected chi connectivity index (χ3v) is 3.43. The Bertz CT molecular complexity index is 239. The molecule has 16 heavy (non-hydrogen) atoms. The van der Waals surface area contributed by atoms with Crippen LogP contribution in [-0.4, -0.2) is 61.4 Å². The van der Waals surface area contributed by atoms with Gasteiger partial charge in [0.05, 0.1) is 6.10 Å². The van der Waals surface area contributed by atoms with Gasteiger partial charge in [-0.3, -0.25) is 4.79 Å². The van der Waals surface area contributed by atoms with Gasteiger partial charge in [-0.2, -0.15) is 0 Å². The zero-order valence-electron chi connectivity index (χ0n) is 10.3. The van der Waals surface area contributed by atoms with Gasteiger partial charge in [0.2, 0.25) is 0 Å². The Balaban J connectivity index is 2.46. The molecule has 1 aliphatic heterocycles. The minimum atomic E-state index is -0.861. The van der Waals surface area contributed by atoms with Gasteiger partial charge in [-0.25, -0.2) is 0 Å². The first-order valence-corrected chi connectivity index (χ1v) is 5.69. The highest BCUT2D eigenvalue weighted by atomic mass is 16.5. The number of aliphatic carboxylic acids is 1. The number of hydrogen-bond donors (Lipinski definition) is 2. The highest BCUT2D eigenvalue weighted by molar-refractivity contribution is 5.78. The Morgan fingerprint density at radius 2 is 2.12 bits per heavy atom. The third-order valence-electron chi connectivity index (χ3n) is 3.43. The number of nitrogens with zero attached hydrogens (tertiary/aromatic N) is 1. The second-order valence-corrected chi connectivity index (χ2v) is 4.60. The molecule has 2 N–H and O–H groups in total. The molecule has 1 unspecified atom stereocenters. The lowest BCUT2D eigenvalue weighted by atomic mass is 9.99. The van der Waals surface area contributed by atoms with Crippen LogP contribution in [0.15, 0.2) is 0 Å². The fourth-order valence-corrected chi connectivity index (χ4v) is 2.00. The predicted octanol–water partition coefficient (Wildman–Crippen LogP) is 0.160. The van der Waals surface area contributed by atoms with E-state index in [9.17, 15) is 4.79 Å². The molecule has 0 radical (unpaired) electrons. The van der Waals surface area contributed by atoms with Gasteiger partial charge < -0.3 is 20.1 Å². The minimum absolute atomic E-state index is 0.335. The van der Waals surface area contributed by atoms with Crippen LogP contribution in [0, 0.1) is 0 Å². The Kier molecular flexibility index (Phi) is 4.70. The maximum atomic E-state index is 11.1. The zero-order chi connectivity index (χ0) is 12.2. The summed E-state index contributed by atoms with van der Waals surface area (Å²) in [6.07, 6.45) is 2.30. The molecule has 1 heterocycles. The monoisotopic (exact) mass is 230 g/mol. The van der Waals surface area contributed by atoms with Crippen molar-refractivity contribution in [2.24, 2.45) is 0 Å². The first-order valence-electron chi connectivity index (χ1n) is 5.69. The smallest absolute Gasteiger partial charge is 0.324 e. The number of carboxylic acid groups (broad SMARTS) is 1. The molecule has 1 saturated heterocycles. The molecular weight excluding hydrogens is 208 g/mol. The Morgan fingerprint density at radius 1 is 1.56 bits per heavy atom. The van der Waals surface area contributed by atoms with Crippen LogP contribution in [0.1, 0.15) is 19.8 Å². The van der Waals surface area contributed by atoms with E-state index in [2.05, 4.69) is 10.2 Å². The topological polar surface area (TPSA) is 61.8 Å². The molecule has 1 atom stereocenters. The van der Waals surface area contributed by atoms with Crippen LogP contribution in [-0.2, 0) is 9.53 Å². The predicted molar refractivity (Wildman–Crippen MR) is 61.6 cm³/mol. The average molecular weight is 230 g/mol. The van der Waals surface area contributed by atoms with Crippen LogP contribution in [0.5, 0.6) is 0 Å². The summed E-state index contributed by atoms with van der Waals surface area (Å²) < 4.78 is 5.28. The lowest BCUT2D eigenvalue weighted by molar-refractivity contribution is -0.145. The van der Waals surface area contributed by atoms with Gasteiger partial charge in [-0.05, 0) is 26.8 Å². The normalized spacial score (nSPS) is 22.9. The van der Waals surface area contributed by atoms with Crippen molar-refractivity contribution in [3.8, 4) is 0 Å². The number of likely N-dealkylation sites (tertiary alicyclic amines) is 1.